The predicted octanol–water partition coefficient (Wildman–Crippen LogP) is 2.86. The van der Waals surface area contributed by atoms with Gasteiger partial charge in [-0.25, -0.2) is 4.98 Å². The van der Waals surface area contributed by atoms with Gasteiger partial charge in [-0.2, -0.15) is 0 Å². The highest BCUT2D eigenvalue weighted by molar-refractivity contribution is 5.48. The predicted molar refractivity (Wildman–Crippen MR) is 80.6 cm³/mol. The summed E-state index contributed by atoms with van der Waals surface area (Å²) < 4.78 is 0. The molecule has 0 radical (unpaired) electrons. The molecule has 4 nitrogen and oxygen atoms in total. The Kier molecular flexibility index (Phi) is 4.69. The average molecular weight is 271 g/mol. The Morgan fingerprint density at radius 1 is 1.25 bits per heavy atom. The minimum absolute atomic E-state index is 0.529. The first-order valence-electron chi connectivity index (χ1n) is 6.92. The number of pyridine rings is 2. The zero-order chi connectivity index (χ0) is 14.5. The van der Waals surface area contributed by atoms with E-state index in [1.54, 1.807) is 13.1 Å². The van der Waals surface area contributed by atoms with Crippen LogP contribution in [0.5, 0.6) is 0 Å². The van der Waals surface area contributed by atoms with Crippen molar-refractivity contribution >= 4 is 5.82 Å². The van der Waals surface area contributed by atoms with Crippen LogP contribution in [0.1, 0.15) is 36.9 Å². The van der Waals surface area contributed by atoms with E-state index in [4.69, 9.17) is 0 Å². The van der Waals surface area contributed by atoms with Gasteiger partial charge in [-0.3, -0.25) is 4.98 Å². The molecule has 0 bridgehead atoms. The molecule has 1 N–H and O–H groups in total. The SMILES string of the molecule is CCN(Cc1cccc(C)n1)c1ncccc1C(C)O. The van der Waals surface area contributed by atoms with Gasteiger partial charge in [0.2, 0.25) is 0 Å². The van der Waals surface area contributed by atoms with E-state index in [-0.39, 0.29) is 0 Å². The Morgan fingerprint density at radius 2 is 2.05 bits per heavy atom. The van der Waals surface area contributed by atoms with Crippen LogP contribution in [-0.4, -0.2) is 21.6 Å². The van der Waals surface area contributed by atoms with E-state index in [0.29, 0.717) is 6.54 Å². The van der Waals surface area contributed by atoms with Crippen molar-refractivity contribution in [3.63, 3.8) is 0 Å². The molecule has 0 saturated heterocycles. The summed E-state index contributed by atoms with van der Waals surface area (Å²) in [7, 11) is 0. The molecule has 0 spiro atoms. The number of aliphatic hydroxyl groups excluding tert-OH is 1. The van der Waals surface area contributed by atoms with Gasteiger partial charge in [-0.15, -0.1) is 0 Å². The quantitative estimate of drug-likeness (QED) is 0.908. The third-order valence-electron chi connectivity index (χ3n) is 3.25. The first-order valence-corrected chi connectivity index (χ1v) is 6.92. The first kappa shape index (κ1) is 14.5. The zero-order valence-electron chi connectivity index (χ0n) is 12.2. The second-order valence-electron chi connectivity index (χ2n) is 4.88. The van der Waals surface area contributed by atoms with Crippen LogP contribution in [0.2, 0.25) is 0 Å². The van der Waals surface area contributed by atoms with E-state index in [9.17, 15) is 5.11 Å². The fraction of sp³-hybridized carbons (Fsp3) is 0.375. The molecule has 0 aliphatic carbocycles. The van der Waals surface area contributed by atoms with Gasteiger partial charge >= 0.3 is 0 Å². The molecular formula is C16H21N3O. The van der Waals surface area contributed by atoms with E-state index in [1.165, 1.54) is 0 Å². The molecule has 1 unspecified atom stereocenters. The molecular weight excluding hydrogens is 250 g/mol. The van der Waals surface area contributed by atoms with Gasteiger partial charge in [0.25, 0.3) is 0 Å². The lowest BCUT2D eigenvalue weighted by molar-refractivity contribution is 0.199. The molecule has 0 aromatic carbocycles. The number of aromatic nitrogens is 2. The Hall–Kier alpha value is -1.94. The van der Waals surface area contributed by atoms with Crippen molar-refractivity contribution in [2.45, 2.75) is 33.4 Å². The molecule has 2 rings (SSSR count). The van der Waals surface area contributed by atoms with Crippen molar-refractivity contribution in [1.82, 2.24) is 9.97 Å². The Morgan fingerprint density at radius 3 is 2.70 bits per heavy atom. The van der Waals surface area contributed by atoms with Crippen LogP contribution < -0.4 is 4.90 Å². The monoisotopic (exact) mass is 271 g/mol. The van der Waals surface area contributed by atoms with Gasteiger partial charge in [0.05, 0.1) is 18.3 Å². The second kappa shape index (κ2) is 6.48. The van der Waals surface area contributed by atoms with E-state index in [0.717, 1.165) is 29.3 Å². The van der Waals surface area contributed by atoms with Gasteiger partial charge in [-0.05, 0) is 39.0 Å². The smallest absolute Gasteiger partial charge is 0.134 e. The molecule has 0 aliphatic heterocycles. The third kappa shape index (κ3) is 3.33. The van der Waals surface area contributed by atoms with Gasteiger partial charge in [0.1, 0.15) is 5.82 Å². The van der Waals surface area contributed by atoms with Crippen LogP contribution in [0, 0.1) is 6.92 Å². The normalized spacial score (nSPS) is 12.2. The fourth-order valence-corrected chi connectivity index (χ4v) is 2.22. The highest BCUT2D eigenvalue weighted by Gasteiger charge is 2.15. The third-order valence-corrected chi connectivity index (χ3v) is 3.25. The summed E-state index contributed by atoms with van der Waals surface area (Å²) in [6.45, 7) is 7.33. The first-order chi connectivity index (χ1) is 9.61. The molecule has 0 fully saturated rings. The number of hydrogen-bond acceptors (Lipinski definition) is 4. The standard InChI is InChI=1S/C16H21N3O/c1-4-19(11-14-8-5-7-12(2)18-14)16-15(13(3)20)9-6-10-17-16/h5-10,13,20H,4,11H2,1-3H3. The van der Waals surface area contributed by atoms with Crippen molar-refractivity contribution in [2.75, 3.05) is 11.4 Å². The lowest BCUT2D eigenvalue weighted by Gasteiger charge is -2.25. The molecule has 0 aliphatic rings. The summed E-state index contributed by atoms with van der Waals surface area (Å²) in [4.78, 5) is 11.1. The van der Waals surface area contributed by atoms with Crippen LogP contribution in [0.3, 0.4) is 0 Å². The van der Waals surface area contributed by atoms with Crippen molar-refractivity contribution in [1.29, 1.82) is 0 Å². The highest BCUT2D eigenvalue weighted by Crippen LogP contribution is 2.24. The van der Waals surface area contributed by atoms with Crippen molar-refractivity contribution in [2.24, 2.45) is 0 Å². The number of aryl methyl sites for hydroxylation is 1. The fourth-order valence-electron chi connectivity index (χ4n) is 2.22. The minimum Gasteiger partial charge on any atom is -0.389 e. The average Bonchev–Trinajstić information content (AvgIpc) is 2.45. The summed E-state index contributed by atoms with van der Waals surface area (Å²) >= 11 is 0. The number of anilines is 1. The topological polar surface area (TPSA) is 49.2 Å². The maximum absolute atomic E-state index is 9.88. The van der Waals surface area contributed by atoms with E-state index in [1.807, 2.05) is 37.3 Å². The van der Waals surface area contributed by atoms with E-state index < -0.39 is 6.10 Å². The molecule has 2 aromatic rings. The number of rotatable bonds is 5. The van der Waals surface area contributed by atoms with Crippen molar-refractivity contribution in [3.8, 4) is 0 Å². The van der Waals surface area contributed by atoms with Crippen LogP contribution in [0.25, 0.3) is 0 Å². The molecule has 2 heterocycles. The second-order valence-corrected chi connectivity index (χ2v) is 4.88. The Bertz CT molecular complexity index is 569. The van der Waals surface area contributed by atoms with Crippen molar-refractivity contribution < 1.29 is 5.11 Å². The van der Waals surface area contributed by atoms with Crippen molar-refractivity contribution in [3.05, 3.63) is 53.5 Å². The molecule has 20 heavy (non-hydrogen) atoms. The number of hydrogen-bond donors (Lipinski definition) is 1. The zero-order valence-corrected chi connectivity index (χ0v) is 12.2. The lowest BCUT2D eigenvalue weighted by atomic mass is 10.1. The van der Waals surface area contributed by atoms with Gasteiger partial charge in [0.15, 0.2) is 0 Å². The summed E-state index contributed by atoms with van der Waals surface area (Å²) in [6.07, 6.45) is 1.23. The maximum atomic E-state index is 9.88. The summed E-state index contributed by atoms with van der Waals surface area (Å²) in [6, 6.07) is 9.78. The number of nitrogens with zero attached hydrogens (tertiary/aromatic N) is 3. The summed E-state index contributed by atoms with van der Waals surface area (Å²) in [5, 5.41) is 9.88. The summed E-state index contributed by atoms with van der Waals surface area (Å²) in [5.74, 6) is 0.827. The Labute approximate surface area is 120 Å². The van der Waals surface area contributed by atoms with Crippen LogP contribution in [0.15, 0.2) is 36.5 Å². The molecule has 0 saturated carbocycles. The largest absolute Gasteiger partial charge is 0.389 e. The molecule has 106 valence electrons. The van der Waals surface area contributed by atoms with Gasteiger partial charge in [0, 0.05) is 24.0 Å². The molecule has 4 heteroatoms. The van der Waals surface area contributed by atoms with Crippen LogP contribution in [0.4, 0.5) is 5.82 Å². The lowest BCUT2D eigenvalue weighted by Crippen LogP contribution is -2.25. The minimum atomic E-state index is -0.529. The molecule has 1 atom stereocenters. The number of aliphatic hydroxyl groups is 1. The summed E-state index contributed by atoms with van der Waals surface area (Å²) in [5.41, 5.74) is 2.87. The Balaban J connectivity index is 2.29. The van der Waals surface area contributed by atoms with E-state index >= 15 is 0 Å². The molecule has 2 aromatic heterocycles. The van der Waals surface area contributed by atoms with Crippen LogP contribution >= 0.6 is 0 Å². The highest BCUT2D eigenvalue weighted by atomic mass is 16.3. The molecule has 0 amide bonds. The van der Waals surface area contributed by atoms with Crippen LogP contribution in [-0.2, 0) is 6.54 Å². The van der Waals surface area contributed by atoms with E-state index in [2.05, 4.69) is 21.8 Å². The van der Waals surface area contributed by atoms with Gasteiger partial charge < -0.3 is 10.0 Å². The van der Waals surface area contributed by atoms with Gasteiger partial charge in [-0.1, -0.05) is 12.1 Å². The maximum Gasteiger partial charge on any atom is 0.134 e.